The first-order valence-corrected chi connectivity index (χ1v) is 3.47. The standard InChI is InChI=1S/C7H8BF3N.K/c1-5-2-3-6(12)4-7(5)8(9,10)11;/h2-4H,12H2,1H3;/q-1;+1. The number of hydrogen-bond donors (Lipinski definition) is 1. The zero-order chi connectivity index (χ0) is 9.35. The van der Waals surface area contributed by atoms with Crippen LogP contribution in [0.4, 0.5) is 18.6 Å². The Morgan fingerprint density at radius 3 is 2.15 bits per heavy atom. The second-order valence-corrected chi connectivity index (χ2v) is 2.69. The molecular weight excluding hydrogens is 205 g/mol. The van der Waals surface area contributed by atoms with Crippen LogP contribution in [0.1, 0.15) is 5.56 Å². The number of benzene rings is 1. The summed E-state index contributed by atoms with van der Waals surface area (Å²) in [5.41, 5.74) is 5.00. The molecule has 0 aromatic heterocycles. The fraction of sp³-hybridized carbons (Fsp3) is 0.143. The van der Waals surface area contributed by atoms with E-state index >= 15 is 0 Å². The number of nitrogen functional groups attached to an aromatic ring is 1. The van der Waals surface area contributed by atoms with Crippen LogP contribution < -0.4 is 62.6 Å². The maximum atomic E-state index is 12.2. The fourth-order valence-corrected chi connectivity index (χ4v) is 1.01. The van der Waals surface area contributed by atoms with E-state index in [0.717, 1.165) is 6.07 Å². The minimum Gasteiger partial charge on any atom is -0.445 e. The van der Waals surface area contributed by atoms with E-state index in [1.54, 1.807) is 0 Å². The van der Waals surface area contributed by atoms with Gasteiger partial charge in [-0.15, -0.1) is 5.46 Å². The van der Waals surface area contributed by atoms with Crippen molar-refractivity contribution in [3.63, 3.8) is 0 Å². The van der Waals surface area contributed by atoms with Crippen LogP contribution in [0.25, 0.3) is 0 Å². The molecule has 0 heterocycles. The third kappa shape index (κ3) is 3.63. The molecule has 66 valence electrons. The summed E-state index contributed by atoms with van der Waals surface area (Å²) in [6.07, 6.45) is 0. The van der Waals surface area contributed by atoms with Crippen LogP contribution in [-0.4, -0.2) is 6.98 Å². The molecule has 0 saturated carbocycles. The Labute approximate surface area is 117 Å². The van der Waals surface area contributed by atoms with Crippen LogP contribution >= 0.6 is 0 Å². The second-order valence-electron chi connectivity index (χ2n) is 2.69. The molecular formula is C7H8BF3KN. The molecule has 0 aliphatic rings. The molecule has 13 heavy (non-hydrogen) atoms. The van der Waals surface area contributed by atoms with Gasteiger partial charge in [-0.3, -0.25) is 0 Å². The summed E-state index contributed by atoms with van der Waals surface area (Å²) in [5, 5.41) is 0. The molecule has 0 atom stereocenters. The van der Waals surface area contributed by atoms with E-state index in [0.29, 0.717) is 0 Å². The van der Waals surface area contributed by atoms with Crippen LogP contribution in [0.3, 0.4) is 0 Å². The minimum absolute atomic E-state index is 0. The van der Waals surface area contributed by atoms with Gasteiger partial charge in [0, 0.05) is 5.69 Å². The van der Waals surface area contributed by atoms with E-state index in [1.807, 2.05) is 0 Å². The van der Waals surface area contributed by atoms with Crippen LogP contribution in [0, 0.1) is 6.92 Å². The molecule has 0 unspecified atom stereocenters. The summed E-state index contributed by atoms with van der Waals surface area (Å²) in [6.45, 7) is -3.51. The van der Waals surface area contributed by atoms with Crippen molar-refractivity contribution in [2.45, 2.75) is 6.92 Å². The molecule has 1 aromatic rings. The maximum absolute atomic E-state index is 12.2. The van der Waals surface area contributed by atoms with Crippen LogP contribution in [0.15, 0.2) is 18.2 Å². The Morgan fingerprint density at radius 2 is 1.77 bits per heavy atom. The van der Waals surface area contributed by atoms with Crippen LogP contribution in [0.5, 0.6) is 0 Å². The molecule has 1 rings (SSSR count). The number of nitrogens with two attached hydrogens (primary N) is 1. The minimum atomic E-state index is -4.93. The first-order chi connectivity index (χ1) is 5.41. The zero-order valence-electron chi connectivity index (χ0n) is 7.52. The van der Waals surface area contributed by atoms with Crippen molar-refractivity contribution in [2.75, 3.05) is 5.73 Å². The van der Waals surface area contributed by atoms with E-state index < -0.39 is 12.4 Å². The molecule has 0 aliphatic carbocycles. The van der Waals surface area contributed by atoms with Crippen molar-refractivity contribution in [2.24, 2.45) is 0 Å². The predicted molar refractivity (Wildman–Crippen MR) is 44.3 cm³/mol. The summed E-state index contributed by atoms with van der Waals surface area (Å²) in [5.74, 6) is 0. The Balaban J connectivity index is 0.00000144. The Bertz CT molecular complexity index is 300. The Kier molecular flexibility index (Phi) is 5.03. The first kappa shape index (κ1) is 13.5. The molecule has 1 aromatic carbocycles. The number of anilines is 1. The predicted octanol–water partition coefficient (Wildman–Crippen LogP) is -1.36. The maximum Gasteiger partial charge on any atom is 1.00 e. The number of aryl methyl sites for hydroxylation is 1. The van der Waals surface area contributed by atoms with E-state index in [1.165, 1.54) is 19.1 Å². The number of halogens is 3. The molecule has 2 N–H and O–H groups in total. The van der Waals surface area contributed by atoms with Crippen molar-refractivity contribution in [3.05, 3.63) is 23.8 Å². The molecule has 0 aliphatic heterocycles. The monoisotopic (exact) mass is 213 g/mol. The topological polar surface area (TPSA) is 26.0 Å². The average Bonchev–Trinajstić information content (AvgIpc) is 1.92. The Hall–Kier alpha value is 0.511. The molecule has 0 fully saturated rings. The van der Waals surface area contributed by atoms with Crippen LogP contribution in [-0.2, 0) is 0 Å². The van der Waals surface area contributed by atoms with Crippen molar-refractivity contribution >= 4 is 18.1 Å². The summed E-state index contributed by atoms with van der Waals surface area (Å²) in [4.78, 5) is 0. The molecule has 0 saturated heterocycles. The van der Waals surface area contributed by atoms with E-state index in [2.05, 4.69) is 0 Å². The normalized spacial score (nSPS) is 10.8. The number of hydrogen-bond acceptors (Lipinski definition) is 1. The van der Waals surface area contributed by atoms with Gasteiger partial charge in [0.15, 0.2) is 0 Å². The number of rotatable bonds is 1. The molecule has 1 nitrogen and oxygen atoms in total. The van der Waals surface area contributed by atoms with Gasteiger partial charge in [0.1, 0.15) is 0 Å². The SMILES string of the molecule is Cc1ccc(N)cc1[B-](F)(F)F.[K+]. The summed E-state index contributed by atoms with van der Waals surface area (Å²) in [6, 6.07) is 3.80. The van der Waals surface area contributed by atoms with Gasteiger partial charge in [0.05, 0.1) is 0 Å². The summed E-state index contributed by atoms with van der Waals surface area (Å²) < 4.78 is 36.7. The fourth-order valence-electron chi connectivity index (χ4n) is 1.01. The molecule has 0 bridgehead atoms. The van der Waals surface area contributed by atoms with Gasteiger partial charge in [0.2, 0.25) is 0 Å². The van der Waals surface area contributed by atoms with Gasteiger partial charge in [-0.1, -0.05) is 17.7 Å². The molecule has 0 spiro atoms. The van der Waals surface area contributed by atoms with Crippen LogP contribution in [0.2, 0.25) is 0 Å². The zero-order valence-corrected chi connectivity index (χ0v) is 10.6. The summed E-state index contributed by atoms with van der Waals surface area (Å²) in [7, 11) is 0. The van der Waals surface area contributed by atoms with Gasteiger partial charge in [-0.05, 0) is 13.0 Å². The second kappa shape index (κ2) is 4.84. The van der Waals surface area contributed by atoms with Crippen molar-refractivity contribution < 1.29 is 64.3 Å². The van der Waals surface area contributed by atoms with Gasteiger partial charge >= 0.3 is 58.4 Å². The van der Waals surface area contributed by atoms with Crippen molar-refractivity contribution in [3.8, 4) is 0 Å². The molecule has 6 heteroatoms. The van der Waals surface area contributed by atoms with E-state index in [-0.39, 0.29) is 62.6 Å². The van der Waals surface area contributed by atoms with E-state index in [9.17, 15) is 12.9 Å². The van der Waals surface area contributed by atoms with E-state index in [4.69, 9.17) is 5.73 Å². The summed E-state index contributed by atoms with van der Waals surface area (Å²) >= 11 is 0. The smallest absolute Gasteiger partial charge is 0.445 e. The molecule has 0 amide bonds. The van der Waals surface area contributed by atoms with Crippen molar-refractivity contribution in [1.82, 2.24) is 0 Å². The largest absolute Gasteiger partial charge is 1.00 e. The average molecular weight is 213 g/mol. The molecule has 0 radical (unpaired) electrons. The third-order valence-electron chi connectivity index (χ3n) is 1.66. The van der Waals surface area contributed by atoms with Crippen molar-refractivity contribution in [1.29, 1.82) is 0 Å². The van der Waals surface area contributed by atoms with Gasteiger partial charge in [0.25, 0.3) is 0 Å². The van der Waals surface area contributed by atoms with Gasteiger partial charge in [-0.2, -0.15) is 0 Å². The third-order valence-corrected chi connectivity index (χ3v) is 1.66. The van der Waals surface area contributed by atoms with Gasteiger partial charge < -0.3 is 18.7 Å². The van der Waals surface area contributed by atoms with Gasteiger partial charge in [-0.25, -0.2) is 0 Å². The quantitative estimate of drug-likeness (QED) is 0.452. The first-order valence-electron chi connectivity index (χ1n) is 3.47. The Morgan fingerprint density at radius 1 is 1.23 bits per heavy atom.